The van der Waals surface area contributed by atoms with Crippen LogP contribution < -0.4 is 5.73 Å². The Kier molecular flexibility index (Phi) is 4.79. The lowest BCUT2D eigenvalue weighted by atomic mass is 9.96. The summed E-state index contributed by atoms with van der Waals surface area (Å²) in [4.78, 5) is 2.69. The lowest BCUT2D eigenvalue weighted by molar-refractivity contribution is 0.140. The van der Waals surface area contributed by atoms with E-state index in [1.165, 1.54) is 24.9 Å². The smallest absolute Gasteiger partial charge is 0.0363 e. The first-order chi connectivity index (χ1) is 8.74. The van der Waals surface area contributed by atoms with Gasteiger partial charge >= 0.3 is 0 Å². The molecule has 2 N–H and O–H groups in total. The highest BCUT2D eigenvalue weighted by molar-refractivity contribution is 5.19. The molecule has 0 amide bonds. The van der Waals surface area contributed by atoms with Gasteiger partial charge in [0.15, 0.2) is 0 Å². The van der Waals surface area contributed by atoms with Crippen molar-refractivity contribution in [3.8, 4) is 0 Å². The molecule has 100 valence electrons. The average Bonchev–Trinajstić information content (AvgIpc) is 2.86. The molecule has 2 rings (SSSR count). The number of likely N-dealkylation sites (tertiary alicyclic amines) is 1. The molecule has 2 heteroatoms. The fraction of sp³-hybridized carbons (Fsp3) is 0.625. The predicted octanol–water partition coefficient (Wildman–Crippen LogP) is 3.20. The summed E-state index contributed by atoms with van der Waals surface area (Å²) in [5.74, 6) is 0.733. The molecular weight excluding hydrogens is 220 g/mol. The maximum atomic E-state index is 5.83. The average molecular weight is 246 g/mol. The summed E-state index contributed by atoms with van der Waals surface area (Å²) < 4.78 is 0. The van der Waals surface area contributed by atoms with Crippen LogP contribution in [0.4, 0.5) is 0 Å². The van der Waals surface area contributed by atoms with Crippen LogP contribution in [0.3, 0.4) is 0 Å². The zero-order chi connectivity index (χ0) is 13.0. The van der Waals surface area contributed by atoms with Gasteiger partial charge in [-0.3, -0.25) is 4.90 Å². The Labute approximate surface area is 111 Å². The number of nitrogens with zero attached hydrogens (tertiary/aromatic N) is 1. The third-order valence-electron chi connectivity index (χ3n) is 4.14. The van der Waals surface area contributed by atoms with Gasteiger partial charge in [0.1, 0.15) is 0 Å². The summed E-state index contributed by atoms with van der Waals surface area (Å²) in [6, 6.07) is 12.1. The second-order valence-electron chi connectivity index (χ2n) is 5.70. The molecule has 2 unspecified atom stereocenters. The highest BCUT2D eigenvalue weighted by atomic mass is 15.2. The van der Waals surface area contributed by atoms with Crippen LogP contribution in [0.25, 0.3) is 0 Å². The van der Waals surface area contributed by atoms with Gasteiger partial charge in [-0.05, 0) is 43.8 Å². The minimum absolute atomic E-state index is 0.506. The Morgan fingerprint density at radius 1 is 1.28 bits per heavy atom. The zero-order valence-corrected chi connectivity index (χ0v) is 11.7. The first-order valence-corrected chi connectivity index (χ1v) is 7.24. The Hall–Kier alpha value is -0.860. The summed E-state index contributed by atoms with van der Waals surface area (Å²) >= 11 is 0. The van der Waals surface area contributed by atoms with E-state index in [1.54, 1.807) is 0 Å². The number of rotatable bonds is 5. The molecule has 18 heavy (non-hydrogen) atoms. The third kappa shape index (κ3) is 2.93. The van der Waals surface area contributed by atoms with Gasteiger partial charge in [-0.1, -0.05) is 44.2 Å². The van der Waals surface area contributed by atoms with E-state index in [-0.39, 0.29) is 0 Å². The molecule has 1 heterocycles. The molecule has 1 fully saturated rings. The van der Waals surface area contributed by atoms with E-state index >= 15 is 0 Å². The number of benzene rings is 1. The quantitative estimate of drug-likeness (QED) is 0.864. The minimum atomic E-state index is 0.506. The number of nitrogens with two attached hydrogens (primary N) is 1. The summed E-state index contributed by atoms with van der Waals surface area (Å²) in [5, 5.41) is 0. The summed E-state index contributed by atoms with van der Waals surface area (Å²) in [5.41, 5.74) is 7.26. The van der Waals surface area contributed by atoms with Crippen molar-refractivity contribution in [2.24, 2.45) is 11.7 Å². The topological polar surface area (TPSA) is 29.3 Å². The maximum Gasteiger partial charge on any atom is 0.0363 e. The Morgan fingerprint density at radius 3 is 2.61 bits per heavy atom. The SMILES string of the molecule is CC(C)C1CCCN1C(CCN)c1ccccc1. The molecule has 1 aromatic carbocycles. The first kappa shape index (κ1) is 13.6. The van der Waals surface area contributed by atoms with Gasteiger partial charge in [-0.25, -0.2) is 0 Å². The van der Waals surface area contributed by atoms with E-state index in [9.17, 15) is 0 Å². The Morgan fingerprint density at radius 2 is 2.00 bits per heavy atom. The van der Waals surface area contributed by atoms with Crippen molar-refractivity contribution < 1.29 is 0 Å². The maximum absolute atomic E-state index is 5.83. The van der Waals surface area contributed by atoms with Crippen molar-refractivity contribution in [3.63, 3.8) is 0 Å². The van der Waals surface area contributed by atoms with Gasteiger partial charge in [-0.2, -0.15) is 0 Å². The van der Waals surface area contributed by atoms with E-state index in [4.69, 9.17) is 5.73 Å². The van der Waals surface area contributed by atoms with Gasteiger partial charge in [0, 0.05) is 12.1 Å². The van der Waals surface area contributed by atoms with E-state index in [0.29, 0.717) is 6.04 Å². The molecule has 0 spiro atoms. The van der Waals surface area contributed by atoms with E-state index < -0.39 is 0 Å². The summed E-state index contributed by atoms with van der Waals surface area (Å²) in [7, 11) is 0. The summed E-state index contributed by atoms with van der Waals surface area (Å²) in [6.45, 7) is 6.67. The molecule has 2 atom stereocenters. The zero-order valence-electron chi connectivity index (χ0n) is 11.7. The van der Waals surface area contributed by atoms with E-state index in [2.05, 4.69) is 49.1 Å². The molecular formula is C16H26N2. The molecule has 1 saturated heterocycles. The van der Waals surface area contributed by atoms with Gasteiger partial charge in [0.2, 0.25) is 0 Å². The molecule has 1 aliphatic rings. The van der Waals surface area contributed by atoms with Crippen LogP contribution in [0.5, 0.6) is 0 Å². The van der Waals surface area contributed by atoms with Crippen LogP contribution in [0.15, 0.2) is 30.3 Å². The van der Waals surface area contributed by atoms with Crippen molar-refractivity contribution in [2.75, 3.05) is 13.1 Å². The lowest BCUT2D eigenvalue weighted by Gasteiger charge is -2.35. The Balaban J connectivity index is 2.19. The predicted molar refractivity (Wildman–Crippen MR) is 77.4 cm³/mol. The Bertz CT molecular complexity index is 347. The summed E-state index contributed by atoms with van der Waals surface area (Å²) in [6.07, 6.45) is 3.73. The second-order valence-corrected chi connectivity index (χ2v) is 5.70. The highest BCUT2D eigenvalue weighted by Crippen LogP contribution is 2.34. The van der Waals surface area contributed by atoms with Crippen molar-refractivity contribution in [1.82, 2.24) is 4.90 Å². The molecule has 0 radical (unpaired) electrons. The normalized spacial score (nSPS) is 22.6. The molecule has 0 aromatic heterocycles. The van der Waals surface area contributed by atoms with Gasteiger partial charge in [-0.15, -0.1) is 0 Å². The first-order valence-electron chi connectivity index (χ1n) is 7.24. The van der Waals surface area contributed by atoms with Crippen molar-refractivity contribution in [2.45, 2.75) is 45.2 Å². The standard InChI is InChI=1S/C16H26N2/c1-13(2)15-9-6-12-18(15)16(10-11-17)14-7-4-3-5-8-14/h3-5,7-8,13,15-16H,6,9-12,17H2,1-2H3. The fourth-order valence-corrected chi connectivity index (χ4v) is 3.27. The van der Waals surface area contributed by atoms with Crippen LogP contribution in [0.2, 0.25) is 0 Å². The number of hydrogen-bond acceptors (Lipinski definition) is 2. The minimum Gasteiger partial charge on any atom is -0.330 e. The molecule has 1 aliphatic heterocycles. The van der Waals surface area contributed by atoms with Crippen LogP contribution in [0.1, 0.15) is 44.7 Å². The van der Waals surface area contributed by atoms with Gasteiger partial charge in [0.05, 0.1) is 0 Å². The van der Waals surface area contributed by atoms with Crippen molar-refractivity contribution in [1.29, 1.82) is 0 Å². The largest absolute Gasteiger partial charge is 0.330 e. The molecule has 0 saturated carbocycles. The van der Waals surface area contributed by atoms with Crippen molar-refractivity contribution in [3.05, 3.63) is 35.9 Å². The van der Waals surface area contributed by atoms with Crippen LogP contribution >= 0.6 is 0 Å². The molecule has 1 aromatic rings. The molecule has 2 nitrogen and oxygen atoms in total. The van der Waals surface area contributed by atoms with Gasteiger partial charge < -0.3 is 5.73 Å². The monoisotopic (exact) mass is 246 g/mol. The van der Waals surface area contributed by atoms with E-state index in [1.807, 2.05) is 0 Å². The second kappa shape index (κ2) is 6.35. The van der Waals surface area contributed by atoms with Crippen molar-refractivity contribution >= 4 is 0 Å². The fourth-order valence-electron chi connectivity index (χ4n) is 3.27. The molecule has 0 bridgehead atoms. The highest BCUT2D eigenvalue weighted by Gasteiger charge is 2.32. The number of hydrogen-bond donors (Lipinski definition) is 1. The van der Waals surface area contributed by atoms with Crippen LogP contribution in [-0.2, 0) is 0 Å². The lowest BCUT2D eigenvalue weighted by Crippen LogP contribution is -2.37. The van der Waals surface area contributed by atoms with Crippen LogP contribution in [0, 0.1) is 5.92 Å². The third-order valence-corrected chi connectivity index (χ3v) is 4.14. The molecule has 0 aliphatic carbocycles. The van der Waals surface area contributed by atoms with Gasteiger partial charge in [0.25, 0.3) is 0 Å². The van der Waals surface area contributed by atoms with E-state index in [0.717, 1.165) is 24.9 Å². The van der Waals surface area contributed by atoms with Crippen LogP contribution in [-0.4, -0.2) is 24.0 Å².